The largest absolute Gasteiger partial charge is 0.397 e. The molecule has 28 heavy (non-hydrogen) atoms. The minimum absolute atomic E-state index is 0.250. The molecule has 1 fully saturated rings. The van der Waals surface area contributed by atoms with E-state index >= 15 is 0 Å². The first-order chi connectivity index (χ1) is 13.7. The summed E-state index contributed by atoms with van der Waals surface area (Å²) < 4.78 is 5.54. The van der Waals surface area contributed by atoms with Crippen LogP contribution in [0.1, 0.15) is 6.42 Å². The number of para-hydroxylation sites is 1. The molecular formula is C21H21N5O2. The summed E-state index contributed by atoms with van der Waals surface area (Å²) in [5.41, 5.74) is 10.4. The van der Waals surface area contributed by atoms with Crippen molar-refractivity contribution in [3.8, 4) is 11.4 Å². The third kappa shape index (κ3) is 2.80. The van der Waals surface area contributed by atoms with Crippen LogP contribution in [0.5, 0.6) is 0 Å². The maximum Gasteiger partial charge on any atom is 0.261 e. The fraction of sp³-hybridized carbons (Fsp3) is 0.238. The van der Waals surface area contributed by atoms with E-state index in [0.29, 0.717) is 17.1 Å². The Morgan fingerprint density at radius 3 is 2.86 bits per heavy atom. The van der Waals surface area contributed by atoms with Gasteiger partial charge in [-0.1, -0.05) is 18.2 Å². The second kappa shape index (κ2) is 6.69. The highest BCUT2D eigenvalue weighted by Crippen LogP contribution is 2.29. The third-order valence-electron chi connectivity index (χ3n) is 5.25. The maximum atomic E-state index is 12.7. The number of benzene rings is 2. The number of rotatable bonds is 2. The van der Waals surface area contributed by atoms with Crippen LogP contribution in [-0.4, -0.2) is 41.3 Å². The molecule has 2 aromatic carbocycles. The molecule has 7 heteroatoms. The summed E-state index contributed by atoms with van der Waals surface area (Å²) in [6.45, 7) is 3.36. The average molecular weight is 375 g/mol. The van der Waals surface area contributed by atoms with Gasteiger partial charge < -0.3 is 25.3 Å². The van der Waals surface area contributed by atoms with Gasteiger partial charge in [0.25, 0.3) is 5.56 Å². The molecule has 0 spiro atoms. The fourth-order valence-corrected chi connectivity index (χ4v) is 3.82. The average Bonchev–Trinajstić information content (AvgIpc) is 2.92. The molecular weight excluding hydrogens is 354 g/mol. The smallest absolute Gasteiger partial charge is 0.261 e. The number of anilines is 2. The Kier molecular flexibility index (Phi) is 4.02. The first-order valence-electron chi connectivity index (χ1n) is 9.44. The van der Waals surface area contributed by atoms with Crippen LogP contribution in [0.4, 0.5) is 11.4 Å². The number of aromatic nitrogens is 3. The summed E-state index contributed by atoms with van der Waals surface area (Å²) in [4.78, 5) is 25.8. The Bertz CT molecular complexity index is 1220. The van der Waals surface area contributed by atoms with Gasteiger partial charge in [0.15, 0.2) is 0 Å². The van der Waals surface area contributed by atoms with Gasteiger partial charge in [-0.05, 0) is 30.7 Å². The maximum absolute atomic E-state index is 12.7. The number of hydrogen-bond acceptors (Lipinski definition) is 5. The van der Waals surface area contributed by atoms with E-state index in [0.717, 1.165) is 60.3 Å². The van der Waals surface area contributed by atoms with Gasteiger partial charge in [0.05, 0.1) is 28.8 Å². The standard InChI is InChI=1S/C21H21N5O2/c22-19-14-4-1-2-5-15(14)25-21(27)18(19)20-23-16-7-6-13(12-17(16)24-20)26-8-3-10-28-11-9-26/h1-2,4-7,12H,3,8-11H2,(H,23,24)(H3,22,25,27). The van der Waals surface area contributed by atoms with Crippen molar-refractivity contribution in [1.82, 2.24) is 15.0 Å². The lowest BCUT2D eigenvalue weighted by molar-refractivity contribution is 0.152. The number of aromatic amines is 2. The van der Waals surface area contributed by atoms with Gasteiger partial charge in [-0.3, -0.25) is 4.79 Å². The molecule has 0 bridgehead atoms. The topological polar surface area (TPSA) is 100 Å². The van der Waals surface area contributed by atoms with Gasteiger partial charge in [-0.25, -0.2) is 4.98 Å². The first kappa shape index (κ1) is 16.8. The first-order valence-corrected chi connectivity index (χ1v) is 9.44. The van der Waals surface area contributed by atoms with Crippen LogP contribution in [0.3, 0.4) is 0 Å². The SMILES string of the molecule is Nc1c(-c2nc3ccc(N4CCCOCC4)cc3[nH]2)c(=O)[nH]c2ccccc12. The van der Waals surface area contributed by atoms with Gasteiger partial charge in [0.1, 0.15) is 11.4 Å². The zero-order chi connectivity index (χ0) is 19.1. The van der Waals surface area contributed by atoms with E-state index in [-0.39, 0.29) is 5.56 Å². The second-order valence-corrected chi connectivity index (χ2v) is 7.03. The summed E-state index contributed by atoms with van der Waals surface area (Å²) in [5, 5.41) is 0.808. The van der Waals surface area contributed by atoms with Gasteiger partial charge in [-0.15, -0.1) is 0 Å². The summed E-state index contributed by atoms with van der Waals surface area (Å²) in [7, 11) is 0. The van der Waals surface area contributed by atoms with E-state index in [9.17, 15) is 4.79 Å². The van der Waals surface area contributed by atoms with E-state index in [1.54, 1.807) is 0 Å². The van der Waals surface area contributed by atoms with Crippen LogP contribution in [0.2, 0.25) is 0 Å². The number of nitrogen functional groups attached to an aromatic ring is 1. The number of H-pyrrole nitrogens is 2. The normalized spacial score (nSPS) is 15.2. The highest BCUT2D eigenvalue weighted by atomic mass is 16.5. The predicted molar refractivity (Wildman–Crippen MR) is 112 cm³/mol. The second-order valence-electron chi connectivity index (χ2n) is 7.03. The zero-order valence-corrected chi connectivity index (χ0v) is 15.4. The van der Waals surface area contributed by atoms with E-state index in [4.69, 9.17) is 10.5 Å². The van der Waals surface area contributed by atoms with E-state index in [2.05, 4.69) is 32.0 Å². The van der Waals surface area contributed by atoms with Crippen molar-refractivity contribution in [2.75, 3.05) is 36.9 Å². The Morgan fingerprint density at radius 2 is 1.93 bits per heavy atom. The van der Waals surface area contributed by atoms with E-state index in [1.165, 1.54) is 0 Å². The van der Waals surface area contributed by atoms with Gasteiger partial charge >= 0.3 is 0 Å². The minimum Gasteiger partial charge on any atom is -0.397 e. The molecule has 7 nitrogen and oxygen atoms in total. The van der Waals surface area contributed by atoms with Crippen LogP contribution in [-0.2, 0) is 4.74 Å². The summed E-state index contributed by atoms with van der Waals surface area (Å²) >= 11 is 0. The van der Waals surface area contributed by atoms with Crippen LogP contribution < -0.4 is 16.2 Å². The van der Waals surface area contributed by atoms with Crippen molar-refractivity contribution in [2.24, 2.45) is 0 Å². The number of imidazole rings is 1. The molecule has 0 radical (unpaired) electrons. The van der Waals surface area contributed by atoms with Crippen molar-refractivity contribution in [1.29, 1.82) is 0 Å². The molecule has 0 amide bonds. The number of nitrogens with one attached hydrogen (secondary N) is 2. The molecule has 1 saturated heterocycles. The molecule has 1 aliphatic rings. The molecule has 142 valence electrons. The molecule has 0 aliphatic carbocycles. The monoisotopic (exact) mass is 375 g/mol. The summed E-state index contributed by atoms with van der Waals surface area (Å²) in [6.07, 6.45) is 1.01. The molecule has 4 N–H and O–H groups in total. The van der Waals surface area contributed by atoms with Crippen molar-refractivity contribution >= 4 is 33.3 Å². The van der Waals surface area contributed by atoms with Gasteiger partial charge in [0.2, 0.25) is 0 Å². The van der Waals surface area contributed by atoms with Crippen LogP contribution in [0.15, 0.2) is 47.3 Å². The van der Waals surface area contributed by atoms with Crippen LogP contribution in [0, 0.1) is 0 Å². The van der Waals surface area contributed by atoms with Crippen molar-refractivity contribution in [2.45, 2.75) is 6.42 Å². The predicted octanol–water partition coefficient (Wildman–Crippen LogP) is 2.88. The Hall–Kier alpha value is -3.32. The van der Waals surface area contributed by atoms with Crippen LogP contribution in [0.25, 0.3) is 33.3 Å². The van der Waals surface area contributed by atoms with Crippen molar-refractivity contribution in [3.05, 3.63) is 52.8 Å². The van der Waals surface area contributed by atoms with Gasteiger partial charge in [-0.2, -0.15) is 0 Å². The Morgan fingerprint density at radius 1 is 1.04 bits per heavy atom. The number of nitrogens with zero attached hydrogens (tertiary/aromatic N) is 2. The number of ether oxygens (including phenoxy) is 1. The highest BCUT2D eigenvalue weighted by molar-refractivity contribution is 5.97. The van der Waals surface area contributed by atoms with Crippen molar-refractivity contribution in [3.63, 3.8) is 0 Å². The quantitative estimate of drug-likeness (QED) is 0.500. The number of nitrogens with two attached hydrogens (primary N) is 1. The lowest BCUT2D eigenvalue weighted by Crippen LogP contribution is -2.25. The van der Waals surface area contributed by atoms with E-state index < -0.39 is 0 Å². The zero-order valence-electron chi connectivity index (χ0n) is 15.4. The minimum atomic E-state index is -0.250. The Labute approximate surface area is 161 Å². The highest BCUT2D eigenvalue weighted by Gasteiger charge is 2.17. The number of hydrogen-bond donors (Lipinski definition) is 3. The molecule has 4 aromatic rings. The summed E-state index contributed by atoms with van der Waals surface area (Å²) in [6, 6.07) is 13.6. The number of fused-ring (bicyclic) bond motifs is 2. The molecule has 1 aliphatic heterocycles. The molecule has 5 rings (SSSR count). The van der Waals surface area contributed by atoms with E-state index in [1.807, 2.05) is 30.3 Å². The fourth-order valence-electron chi connectivity index (χ4n) is 3.82. The van der Waals surface area contributed by atoms with Crippen molar-refractivity contribution < 1.29 is 4.74 Å². The molecule has 3 heterocycles. The molecule has 0 saturated carbocycles. The summed E-state index contributed by atoms with van der Waals surface area (Å²) in [5.74, 6) is 0.482. The van der Waals surface area contributed by atoms with Crippen LogP contribution >= 0.6 is 0 Å². The number of pyridine rings is 1. The third-order valence-corrected chi connectivity index (χ3v) is 5.25. The molecule has 0 unspecified atom stereocenters. The lowest BCUT2D eigenvalue weighted by Gasteiger charge is -2.21. The lowest BCUT2D eigenvalue weighted by atomic mass is 10.1. The molecule has 2 aromatic heterocycles. The van der Waals surface area contributed by atoms with Gasteiger partial charge in [0, 0.05) is 30.8 Å². The molecule has 0 atom stereocenters. The Balaban J connectivity index is 1.60.